The molecule has 0 radical (unpaired) electrons. The Bertz CT molecular complexity index is 369. The molecule has 21 heavy (non-hydrogen) atoms. The first-order valence-electron chi connectivity index (χ1n) is 7.57. The number of thioether (sulfide) groups is 1. The number of hydrogen-bond acceptors (Lipinski definition) is 5. The monoisotopic (exact) mass is 336 g/mol. The molecular weight excluding hydrogens is 312 g/mol. The molecule has 7 heteroatoms. The molecule has 1 amide bonds. The van der Waals surface area contributed by atoms with Gasteiger partial charge < -0.3 is 14.7 Å². The molecule has 5 nitrogen and oxygen atoms in total. The number of rotatable bonds is 3. The van der Waals surface area contributed by atoms with Gasteiger partial charge in [-0.25, -0.2) is 0 Å². The van der Waals surface area contributed by atoms with Gasteiger partial charge in [-0.1, -0.05) is 0 Å². The molecule has 0 bridgehead atoms. The lowest BCUT2D eigenvalue weighted by Crippen LogP contribution is -2.63. The first-order chi connectivity index (χ1) is 9.67. The molecule has 0 aromatic heterocycles. The fourth-order valence-electron chi connectivity index (χ4n) is 3.73. The highest BCUT2D eigenvalue weighted by Gasteiger charge is 2.56. The maximum atomic E-state index is 12.4. The number of aliphatic hydroxyl groups is 1. The number of hydrogen-bond donors (Lipinski definition) is 2. The second-order valence-electron chi connectivity index (χ2n) is 6.03. The van der Waals surface area contributed by atoms with Crippen molar-refractivity contribution in [3.63, 3.8) is 0 Å². The molecule has 2 heterocycles. The average molecular weight is 337 g/mol. The summed E-state index contributed by atoms with van der Waals surface area (Å²) >= 11 is 1.78. The highest BCUT2D eigenvalue weighted by molar-refractivity contribution is 7.99. The smallest absolute Gasteiger partial charge is 0.240 e. The van der Waals surface area contributed by atoms with Crippen LogP contribution >= 0.6 is 24.2 Å². The van der Waals surface area contributed by atoms with Gasteiger partial charge in [-0.3, -0.25) is 10.1 Å². The van der Waals surface area contributed by atoms with Crippen LogP contribution in [0.2, 0.25) is 0 Å². The van der Waals surface area contributed by atoms with Gasteiger partial charge in [-0.15, -0.1) is 24.2 Å². The van der Waals surface area contributed by atoms with Crippen LogP contribution in [0.4, 0.5) is 0 Å². The van der Waals surface area contributed by atoms with E-state index in [1.165, 1.54) is 0 Å². The zero-order chi connectivity index (χ0) is 14.2. The molecule has 1 saturated carbocycles. The Morgan fingerprint density at radius 1 is 1.48 bits per heavy atom. The molecule has 2 N–H and O–H groups in total. The molecule has 3 fully saturated rings. The Morgan fingerprint density at radius 3 is 2.71 bits per heavy atom. The van der Waals surface area contributed by atoms with Crippen molar-refractivity contribution in [3.8, 4) is 0 Å². The van der Waals surface area contributed by atoms with Crippen LogP contribution < -0.4 is 5.32 Å². The summed E-state index contributed by atoms with van der Waals surface area (Å²) in [6.45, 7) is 4.20. The summed E-state index contributed by atoms with van der Waals surface area (Å²) in [5.74, 6) is 1.98. The molecule has 0 aromatic carbocycles. The molecule has 2 saturated heterocycles. The lowest BCUT2D eigenvalue weighted by molar-refractivity contribution is -0.210. The van der Waals surface area contributed by atoms with E-state index in [-0.39, 0.29) is 42.0 Å². The molecule has 3 rings (SSSR count). The number of ether oxygens (including phenoxy) is 1. The minimum Gasteiger partial charge on any atom is -0.392 e. The zero-order valence-electron chi connectivity index (χ0n) is 12.4. The van der Waals surface area contributed by atoms with E-state index in [9.17, 15) is 9.90 Å². The van der Waals surface area contributed by atoms with Gasteiger partial charge in [0, 0.05) is 43.2 Å². The third-order valence-electron chi connectivity index (χ3n) is 5.13. The normalized spacial score (nSPS) is 34.4. The van der Waals surface area contributed by atoms with Gasteiger partial charge >= 0.3 is 0 Å². The van der Waals surface area contributed by atoms with Crippen LogP contribution in [-0.2, 0) is 9.53 Å². The van der Waals surface area contributed by atoms with E-state index in [0.717, 1.165) is 44.0 Å². The topological polar surface area (TPSA) is 61.8 Å². The van der Waals surface area contributed by atoms with Gasteiger partial charge in [0.05, 0.1) is 18.2 Å². The number of aliphatic hydroxyl groups excluding tert-OH is 1. The second-order valence-corrected chi connectivity index (χ2v) is 7.06. The molecule has 0 aromatic rings. The van der Waals surface area contributed by atoms with Crippen molar-refractivity contribution in [2.45, 2.75) is 44.4 Å². The molecule has 1 spiro atoms. The van der Waals surface area contributed by atoms with Gasteiger partial charge in [0.2, 0.25) is 5.91 Å². The Labute approximate surface area is 136 Å². The second kappa shape index (κ2) is 7.04. The summed E-state index contributed by atoms with van der Waals surface area (Å²) in [5, 5.41) is 13.4. The molecule has 1 aliphatic carbocycles. The zero-order valence-corrected chi connectivity index (χ0v) is 14.0. The van der Waals surface area contributed by atoms with Crippen LogP contribution in [0, 0.1) is 5.41 Å². The van der Waals surface area contributed by atoms with Crippen molar-refractivity contribution in [1.29, 1.82) is 0 Å². The summed E-state index contributed by atoms with van der Waals surface area (Å²) in [6, 6.07) is -0.0111. The van der Waals surface area contributed by atoms with Gasteiger partial charge in [0.15, 0.2) is 0 Å². The van der Waals surface area contributed by atoms with Crippen LogP contribution in [0.25, 0.3) is 0 Å². The Kier molecular flexibility index (Phi) is 5.82. The van der Waals surface area contributed by atoms with Gasteiger partial charge in [-0.05, 0) is 19.8 Å². The highest BCUT2D eigenvalue weighted by Crippen LogP contribution is 2.50. The van der Waals surface area contributed by atoms with E-state index in [0.29, 0.717) is 6.61 Å². The van der Waals surface area contributed by atoms with E-state index in [1.54, 1.807) is 11.8 Å². The summed E-state index contributed by atoms with van der Waals surface area (Å²) in [4.78, 5) is 14.3. The average Bonchev–Trinajstić information content (AvgIpc) is 3.01. The van der Waals surface area contributed by atoms with Gasteiger partial charge in [-0.2, -0.15) is 0 Å². The van der Waals surface area contributed by atoms with Crippen LogP contribution in [-0.4, -0.2) is 65.5 Å². The molecule has 2 aliphatic heterocycles. The van der Waals surface area contributed by atoms with Gasteiger partial charge in [0.1, 0.15) is 0 Å². The summed E-state index contributed by atoms with van der Waals surface area (Å²) in [5.41, 5.74) is -0.0926. The number of piperidine rings is 1. The molecule has 122 valence electrons. The Hall–Kier alpha value is -0.0100. The van der Waals surface area contributed by atoms with E-state index in [4.69, 9.17) is 4.74 Å². The van der Waals surface area contributed by atoms with E-state index in [2.05, 4.69) is 5.32 Å². The number of likely N-dealkylation sites (tertiary alicyclic amines) is 1. The molecular formula is C14H25ClN2O3S. The van der Waals surface area contributed by atoms with Crippen molar-refractivity contribution >= 4 is 30.1 Å². The SMILES string of the molecule is CCOC1CC(O)C12CCN(C(=O)[C@H]1CSCN1)CC2.Cl. The first kappa shape index (κ1) is 17.3. The van der Waals surface area contributed by atoms with Crippen LogP contribution in [0.15, 0.2) is 0 Å². The molecule has 2 unspecified atom stereocenters. The van der Waals surface area contributed by atoms with E-state index < -0.39 is 0 Å². The van der Waals surface area contributed by atoms with E-state index >= 15 is 0 Å². The molecule has 3 aliphatic rings. The maximum Gasteiger partial charge on any atom is 0.240 e. The summed E-state index contributed by atoms with van der Waals surface area (Å²) < 4.78 is 5.76. The summed E-state index contributed by atoms with van der Waals surface area (Å²) in [6.07, 6.45) is 2.41. The van der Waals surface area contributed by atoms with Crippen LogP contribution in [0.3, 0.4) is 0 Å². The fraction of sp³-hybridized carbons (Fsp3) is 0.929. The lowest BCUT2D eigenvalue weighted by Gasteiger charge is -2.56. The van der Waals surface area contributed by atoms with Crippen molar-refractivity contribution in [2.24, 2.45) is 5.41 Å². The van der Waals surface area contributed by atoms with Gasteiger partial charge in [0.25, 0.3) is 0 Å². The number of halogens is 1. The minimum absolute atomic E-state index is 0. The quantitative estimate of drug-likeness (QED) is 0.800. The van der Waals surface area contributed by atoms with Crippen molar-refractivity contribution < 1.29 is 14.6 Å². The largest absolute Gasteiger partial charge is 0.392 e. The maximum absolute atomic E-state index is 12.4. The van der Waals surface area contributed by atoms with Crippen LogP contribution in [0.5, 0.6) is 0 Å². The number of amides is 1. The minimum atomic E-state index is -0.253. The Balaban J connectivity index is 0.00000161. The third kappa shape index (κ3) is 3.06. The number of carbonyl (C=O) groups excluding carboxylic acids is 1. The standard InChI is InChI=1S/C14H24N2O3S.ClH/c1-2-19-12-7-11(17)14(12)3-5-16(6-4-14)13(18)10-8-20-9-15-10;/h10-12,15,17H,2-9H2,1H3;1H/t10-,11?,12?;/m1./s1. The predicted octanol–water partition coefficient (Wildman–Crippen LogP) is 0.849. The lowest BCUT2D eigenvalue weighted by atomic mass is 9.58. The van der Waals surface area contributed by atoms with Crippen molar-refractivity contribution in [2.75, 3.05) is 31.3 Å². The van der Waals surface area contributed by atoms with E-state index in [1.807, 2.05) is 11.8 Å². The van der Waals surface area contributed by atoms with Crippen LogP contribution in [0.1, 0.15) is 26.2 Å². The summed E-state index contributed by atoms with van der Waals surface area (Å²) in [7, 11) is 0. The molecule has 3 atom stereocenters. The Morgan fingerprint density at radius 2 is 2.19 bits per heavy atom. The fourth-order valence-corrected chi connectivity index (χ4v) is 4.67. The van der Waals surface area contributed by atoms with Crippen molar-refractivity contribution in [1.82, 2.24) is 10.2 Å². The first-order valence-corrected chi connectivity index (χ1v) is 8.72. The van der Waals surface area contributed by atoms with Crippen molar-refractivity contribution in [3.05, 3.63) is 0 Å². The predicted molar refractivity (Wildman–Crippen MR) is 85.8 cm³/mol. The number of nitrogens with one attached hydrogen (secondary N) is 1. The third-order valence-corrected chi connectivity index (χ3v) is 6.07. The number of nitrogens with zero attached hydrogens (tertiary/aromatic N) is 1. The number of carbonyl (C=O) groups is 1. The highest BCUT2D eigenvalue weighted by atomic mass is 35.5.